The van der Waals surface area contributed by atoms with Crippen molar-refractivity contribution in [3.63, 3.8) is 0 Å². The van der Waals surface area contributed by atoms with Crippen LogP contribution < -0.4 is 10.2 Å². The van der Waals surface area contributed by atoms with Gasteiger partial charge in [0, 0.05) is 25.9 Å². The van der Waals surface area contributed by atoms with E-state index in [0.717, 1.165) is 11.3 Å². The van der Waals surface area contributed by atoms with Crippen LogP contribution in [0.3, 0.4) is 0 Å². The summed E-state index contributed by atoms with van der Waals surface area (Å²) >= 11 is 0. The van der Waals surface area contributed by atoms with Crippen molar-refractivity contribution in [3.8, 4) is 0 Å². The fourth-order valence-electron chi connectivity index (χ4n) is 1.77. The molecule has 0 heterocycles. The van der Waals surface area contributed by atoms with E-state index in [9.17, 15) is 9.59 Å². The molecule has 0 spiro atoms. The maximum Gasteiger partial charge on any atom is 0.326 e. The number of hydrogen-bond donors (Lipinski definition) is 2. The average Bonchev–Trinajstić information content (AvgIpc) is 2.42. The number of hydrogen-bond acceptors (Lipinski definition) is 3. The first kappa shape index (κ1) is 16.8. The lowest BCUT2D eigenvalue weighted by Crippen LogP contribution is -2.43. The summed E-state index contributed by atoms with van der Waals surface area (Å²) in [7, 11) is 3.91. The molecule has 1 amide bonds. The minimum atomic E-state index is -1.03. The van der Waals surface area contributed by atoms with Crippen molar-refractivity contribution in [3.05, 3.63) is 35.9 Å². The Hall–Kier alpha value is -2.30. The smallest absolute Gasteiger partial charge is 0.326 e. The molecule has 0 saturated heterocycles. The lowest BCUT2D eigenvalue weighted by Gasteiger charge is -2.16. The number of rotatable bonds is 6. The van der Waals surface area contributed by atoms with Crippen LogP contribution in [0.15, 0.2) is 30.3 Å². The van der Waals surface area contributed by atoms with Gasteiger partial charge in [0.25, 0.3) is 0 Å². The summed E-state index contributed by atoms with van der Waals surface area (Å²) in [5, 5.41) is 11.5. The van der Waals surface area contributed by atoms with Gasteiger partial charge in [-0.05, 0) is 29.7 Å². The van der Waals surface area contributed by atoms with Crippen LogP contribution in [-0.2, 0) is 9.59 Å². The van der Waals surface area contributed by atoms with Crippen LogP contribution in [0.1, 0.15) is 19.4 Å². The number of benzene rings is 1. The first-order valence-electron chi connectivity index (χ1n) is 6.80. The molecule has 1 aromatic carbocycles. The van der Waals surface area contributed by atoms with Crippen molar-refractivity contribution in [2.45, 2.75) is 19.9 Å². The molecule has 0 aliphatic heterocycles. The Bertz CT molecular complexity index is 519. The molecule has 1 rings (SSSR count). The maximum atomic E-state index is 11.7. The largest absolute Gasteiger partial charge is 0.480 e. The van der Waals surface area contributed by atoms with Gasteiger partial charge in [0.05, 0.1) is 0 Å². The molecule has 5 heteroatoms. The molecule has 0 unspecified atom stereocenters. The van der Waals surface area contributed by atoms with Crippen molar-refractivity contribution in [2.24, 2.45) is 5.92 Å². The highest BCUT2D eigenvalue weighted by Crippen LogP contribution is 2.13. The zero-order valence-corrected chi connectivity index (χ0v) is 12.8. The predicted molar refractivity (Wildman–Crippen MR) is 84.2 cm³/mol. The van der Waals surface area contributed by atoms with E-state index in [1.54, 1.807) is 19.9 Å². The molecule has 0 bridgehead atoms. The van der Waals surface area contributed by atoms with Crippen molar-refractivity contribution >= 4 is 23.6 Å². The monoisotopic (exact) mass is 290 g/mol. The Morgan fingerprint density at radius 1 is 1.19 bits per heavy atom. The lowest BCUT2D eigenvalue weighted by molar-refractivity contribution is -0.142. The zero-order chi connectivity index (χ0) is 16.0. The Labute approximate surface area is 125 Å². The molecule has 0 radical (unpaired) electrons. The van der Waals surface area contributed by atoms with Gasteiger partial charge < -0.3 is 15.3 Å². The minimum Gasteiger partial charge on any atom is -0.480 e. The fraction of sp³-hybridized carbons (Fsp3) is 0.375. The third kappa shape index (κ3) is 5.30. The van der Waals surface area contributed by atoms with Crippen LogP contribution >= 0.6 is 0 Å². The molecular formula is C16H22N2O3. The number of nitrogens with zero attached hydrogens (tertiary/aromatic N) is 1. The quantitative estimate of drug-likeness (QED) is 0.786. The molecule has 2 N–H and O–H groups in total. The van der Waals surface area contributed by atoms with Gasteiger partial charge in [-0.15, -0.1) is 0 Å². The second-order valence-corrected chi connectivity index (χ2v) is 5.39. The van der Waals surface area contributed by atoms with Crippen LogP contribution in [0.4, 0.5) is 5.69 Å². The van der Waals surface area contributed by atoms with Gasteiger partial charge in [-0.1, -0.05) is 26.0 Å². The number of carboxylic acids is 1. The Kier molecular flexibility index (Phi) is 5.96. The standard InChI is InChI=1S/C16H22N2O3/c1-11(2)15(16(20)21)17-14(19)10-7-12-5-8-13(9-6-12)18(3)4/h5-11,15H,1-4H3,(H,17,19)(H,20,21)/t15-/m1/s1. The van der Waals surface area contributed by atoms with E-state index < -0.39 is 17.9 Å². The van der Waals surface area contributed by atoms with E-state index >= 15 is 0 Å². The maximum absolute atomic E-state index is 11.7. The summed E-state index contributed by atoms with van der Waals surface area (Å²) in [5.74, 6) is -1.60. The third-order valence-corrected chi connectivity index (χ3v) is 3.07. The van der Waals surface area contributed by atoms with Gasteiger partial charge >= 0.3 is 5.97 Å². The molecule has 0 fully saturated rings. The highest BCUT2D eigenvalue weighted by atomic mass is 16.4. The summed E-state index contributed by atoms with van der Waals surface area (Å²) in [4.78, 5) is 24.7. The molecule has 1 aromatic rings. The first-order valence-corrected chi connectivity index (χ1v) is 6.80. The fourth-order valence-corrected chi connectivity index (χ4v) is 1.77. The van der Waals surface area contributed by atoms with Gasteiger partial charge in [0.15, 0.2) is 0 Å². The molecule has 114 valence electrons. The molecule has 5 nitrogen and oxygen atoms in total. The number of carbonyl (C=O) groups is 2. The summed E-state index contributed by atoms with van der Waals surface area (Å²) in [6.07, 6.45) is 3.01. The number of aliphatic carboxylic acids is 1. The van der Waals surface area contributed by atoms with Gasteiger partial charge in [0.1, 0.15) is 6.04 Å². The van der Waals surface area contributed by atoms with E-state index in [1.807, 2.05) is 43.3 Å². The lowest BCUT2D eigenvalue weighted by atomic mass is 10.0. The van der Waals surface area contributed by atoms with Crippen molar-refractivity contribution in [2.75, 3.05) is 19.0 Å². The topological polar surface area (TPSA) is 69.6 Å². The van der Waals surface area contributed by atoms with Crippen LogP contribution in [0, 0.1) is 5.92 Å². The van der Waals surface area contributed by atoms with E-state index in [0.29, 0.717) is 0 Å². The predicted octanol–water partition coefficient (Wildman–Crippen LogP) is 1.99. The number of amides is 1. The van der Waals surface area contributed by atoms with E-state index in [2.05, 4.69) is 5.32 Å². The molecular weight excluding hydrogens is 268 g/mol. The highest BCUT2D eigenvalue weighted by molar-refractivity contribution is 5.94. The normalized spacial score (nSPS) is 12.4. The van der Waals surface area contributed by atoms with E-state index in [1.165, 1.54) is 6.08 Å². The van der Waals surface area contributed by atoms with Crippen molar-refractivity contribution in [1.29, 1.82) is 0 Å². The Morgan fingerprint density at radius 2 is 1.76 bits per heavy atom. The summed E-state index contributed by atoms with van der Waals surface area (Å²) in [6.45, 7) is 3.51. The summed E-state index contributed by atoms with van der Waals surface area (Å²) in [5.41, 5.74) is 1.95. The van der Waals surface area contributed by atoms with Crippen LogP contribution in [0.25, 0.3) is 6.08 Å². The molecule has 1 atom stereocenters. The SMILES string of the molecule is CC(C)[C@@H](NC(=O)C=Cc1ccc(N(C)C)cc1)C(=O)O. The van der Waals surface area contributed by atoms with Crippen LogP contribution in [0.2, 0.25) is 0 Å². The number of carbonyl (C=O) groups excluding carboxylic acids is 1. The average molecular weight is 290 g/mol. The summed E-state index contributed by atoms with van der Waals surface area (Å²) in [6, 6.07) is 6.82. The van der Waals surface area contributed by atoms with Crippen molar-refractivity contribution in [1.82, 2.24) is 5.32 Å². The van der Waals surface area contributed by atoms with Gasteiger partial charge in [-0.25, -0.2) is 4.79 Å². The number of carboxylic acid groups (broad SMARTS) is 1. The van der Waals surface area contributed by atoms with E-state index in [4.69, 9.17) is 5.11 Å². The zero-order valence-electron chi connectivity index (χ0n) is 12.8. The molecule has 0 aliphatic rings. The number of nitrogens with one attached hydrogen (secondary N) is 1. The highest BCUT2D eigenvalue weighted by Gasteiger charge is 2.22. The minimum absolute atomic E-state index is 0.167. The second kappa shape index (κ2) is 7.47. The number of anilines is 1. The van der Waals surface area contributed by atoms with Crippen LogP contribution in [0.5, 0.6) is 0 Å². The molecule has 21 heavy (non-hydrogen) atoms. The van der Waals surface area contributed by atoms with Crippen LogP contribution in [-0.4, -0.2) is 37.1 Å². The van der Waals surface area contributed by atoms with Gasteiger partial charge in [-0.2, -0.15) is 0 Å². The first-order chi connectivity index (χ1) is 9.81. The second-order valence-electron chi connectivity index (χ2n) is 5.39. The summed E-state index contributed by atoms with van der Waals surface area (Å²) < 4.78 is 0. The molecule has 0 saturated carbocycles. The molecule has 0 aliphatic carbocycles. The Morgan fingerprint density at radius 3 is 2.19 bits per heavy atom. The third-order valence-electron chi connectivity index (χ3n) is 3.07. The van der Waals surface area contributed by atoms with Crippen molar-refractivity contribution < 1.29 is 14.7 Å². The Balaban J connectivity index is 2.67. The molecule has 0 aromatic heterocycles. The van der Waals surface area contributed by atoms with E-state index in [-0.39, 0.29) is 5.92 Å². The van der Waals surface area contributed by atoms with Gasteiger partial charge in [0.2, 0.25) is 5.91 Å². The van der Waals surface area contributed by atoms with Gasteiger partial charge in [-0.3, -0.25) is 4.79 Å².